The van der Waals surface area contributed by atoms with Gasteiger partial charge in [0.1, 0.15) is 11.9 Å². The molecule has 0 amide bonds. The molecule has 5 heterocycles. The number of carbonyl (C=O) groups excluding carboxylic acids is 2. The fourth-order valence-electron chi connectivity index (χ4n) is 13.5. The number of carboxylic acid groups (broad SMARTS) is 2. The van der Waals surface area contributed by atoms with E-state index < -0.39 is 88.9 Å². The van der Waals surface area contributed by atoms with Crippen LogP contribution in [-0.2, 0) is 38.1 Å². The van der Waals surface area contributed by atoms with Gasteiger partial charge in [-0.25, -0.2) is 0 Å². The maximum absolute atomic E-state index is 14.4. The average Bonchev–Trinajstić information content (AvgIpc) is 4.01. The Morgan fingerprint density at radius 2 is 1.41 bits per heavy atom. The SMILES string of the molecule is CCC(C(=O)[O-])C1CCC(C)C(C(C)C(O)C(C)C(=O)C(CC)C2OC3(C=CC(O)C4(CCC(C)(C5CCC(O)(CC)C(C)O5)O4)O3)C(C)CC2C)O1.O=C(O)CCCCCCCCCCCCC1C=CCC1.[Na+]. The summed E-state index contributed by atoms with van der Waals surface area (Å²) in [5, 5.41) is 54.5. The van der Waals surface area contributed by atoms with Crippen LogP contribution in [-0.4, -0.2) is 104 Å². The van der Waals surface area contributed by atoms with Crippen LogP contribution in [0.1, 0.15) is 223 Å². The molecule has 420 valence electrons. The van der Waals surface area contributed by atoms with E-state index in [0.717, 1.165) is 25.2 Å². The normalized spacial score (nSPS) is 37.9. The number of hydrogen-bond donors (Lipinski definition) is 4. The van der Waals surface area contributed by atoms with Crippen LogP contribution in [0, 0.1) is 47.3 Å². The number of aliphatic hydroxyl groups is 3. The molecule has 14 heteroatoms. The van der Waals surface area contributed by atoms with Crippen molar-refractivity contribution in [3.8, 4) is 0 Å². The molecule has 6 aliphatic rings. The smallest absolute Gasteiger partial charge is 0.550 e. The van der Waals surface area contributed by atoms with Gasteiger partial charge < -0.3 is 54.0 Å². The predicted molar refractivity (Wildman–Crippen MR) is 281 cm³/mol. The van der Waals surface area contributed by atoms with E-state index >= 15 is 0 Å². The molecular weight excluding hydrogens is 952 g/mol. The minimum atomic E-state index is -1.37. The summed E-state index contributed by atoms with van der Waals surface area (Å²) in [5.41, 5.74) is -1.64. The molecule has 19 unspecified atom stereocenters. The minimum Gasteiger partial charge on any atom is -0.550 e. The van der Waals surface area contributed by atoms with Crippen molar-refractivity contribution in [3.63, 3.8) is 0 Å². The zero-order valence-corrected chi connectivity index (χ0v) is 49.9. The van der Waals surface area contributed by atoms with E-state index in [2.05, 4.69) is 32.9 Å². The molecule has 0 aromatic carbocycles. The quantitative estimate of drug-likeness (QED) is 0.0397. The number of ether oxygens (including phenoxy) is 5. The Morgan fingerprint density at radius 3 is 1.97 bits per heavy atom. The van der Waals surface area contributed by atoms with E-state index in [1.165, 1.54) is 70.6 Å². The third-order valence-corrected chi connectivity index (χ3v) is 18.8. The monoisotopic (exact) mass is 1050 g/mol. The third kappa shape index (κ3) is 16.4. The van der Waals surface area contributed by atoms with E-state index in [9.17, 15) is 34.8 Å². The fraction of sp³-hybridized carbons (Fsp3) is 0.883. The number of unbranched alkanes of at least 4 members (excludes halogenated alkanes) is 9. The van der Waals surface area contributed by atoms with Crippen LogP contribution in [0.2, 0.25) is 0 Å². The van der Waals surface area contributed by atoms with Gasteiger partial charge in [0.2, 0.25) is 5.79 Å². The Balaban J connectivity index is 0.000000475. The van der Waals surface area contributed by atoms with E-state index in [1.807, 2.05) is 41.5 Å². The molecule has 13 nitrogen and oxygen atoms in total. The van der Waals surface area contributed by atoms with Crippen LogP contribution in [0.4, 0.5) is 0 Å². The third-order valence-electron chi connectivity index (χ3n) is 18.8. The van der Waals surface area contributed by atoms with Crippen molar-refractivity contribution in [2.45, 2.75) is 289 Å². The summed E-state index contributed by atoms with van der Waals surface area (Å²) in [7, 11) is 0. The second kappa shape index (κ2) is 29.8. The molecule has 74 heavy (non-hydrogen) atoms. The number of ketones is 1. The van der Waals surface area contributed by atoms with Gasteiger partial charge in [-0.2, -0.15) is 0 Å². The van der Waals surface area contributed by atoms with E-state index in [-0.39, 0.29) is 65.3 Å². The summed E-state index contributed by atoms with van der Waals surface area (Å²) in [4.78, 5) is 36.6. The van der Waals surface area contributed by atoms with Crippen molar-refractivity contribution < 1.29 is 93.2 Å². The number of hydrogen-bond acceptors (Lipinski definition) is 12. The number of allylic oxidation sites excluding steroid dienone is 2. The first-order valence-corrected chi connectivity index (χ1v) is 29.4. The molecule has 0 saturated carbocycles. The van der Waals surface area contributed by atoms with Crippen LogP contribution >= 0.6 is 0 Å². The van der Waals surface area contributed by atoms with Crippen molar-refractivity contribution in [2.24, 2.45) is 47.3 Å². The molecule has 5 aliphatic heterocycles. The Labute approximate surface area is 468 Å². The predicted octanol–water partition coefficient (Wildman–Crippen LogP) is 7.58. The van der Waals surface area contributed by atoms with Crippen molar-refractivity contribution in [1.29, 1.82) is 0 Å². The maximum Gasteiger partial charge on any atom is 1.00 e. The van der Waals surface area contributed by atoms with Gasteiger partial charge in [-0.3, -0.25) is 9.59 Å². The summed E-state index contributed by atoms with van der Waals surface area (Å²) in [6, 6.07) is 0. The van der Waals surface area contributed by atoms with Crippen molar-refractivity contribution in [2.75, 3.05) is 0 Å². The standard InChI is InChI=1S/C42H70O11.C18H32O2.Na/c1-11-29(38(46)47)31-15-14-23(4)36(50-31)27(8)34(44)26(7)35(45)30(12-2)37-24(5)22-25(6)41(51-37)19-16-32(43)42(53-41)21-20-39(10,52-42)33-17-18-40(48,13-3)28(9)49-33;19-18(20)16-10-8-6-4-2-1-3-5-7-9-13-17-14-11-12-15-17;/h16,19,23-34,36-37,43-44,48H,11-15,17-18,20-22H2,1-10H3,(H,46,47);11,14,17H,1-10,12-13,15-16H2,(H,19,20);/q;;+1/p-1. The zero-order valence-electron chi connectivity index (χ0n) is 47.9. The van der Waals surface area contributed by atoms with Gasteiger partial charge >= 0.3 is 35.5 Å². The molecule has 4 N–H and O–H groups in total. The van der Waals surface area contributed by atoms with Gasteiger partial charge in [0.05, 0.1) is 47.8 Å². The molecule has 1 aliphatic carbocycles. The maximum atomic E-state index is 14.4. The summed E-state index contributed by atoms with van der Waals surface area (Å²) in [6.07, 6.45) is 27.1. The zero-order chi connectivity index (χ0) is 53.7. The summed E-state index contributed by atoms with van der Waals surface area (Å²) in [5.74, 6) is -6.00. The number of aliphatic hydroxyl groups excluding tert-OH is 2. The van der Waals surface area contributed by atoms with E-state index in [1.54, 1.807) is 19.1 Å². The molecule has 0 aromatic rings. The van der Waals surface area contributed by atoms with Gasteiger partial charge in [0, 0.05) is 48.4 Å². The average molecular weight is 1050 g/mol. The number of Topliss-reactive ketones (excluding diaryl/α,β-unsaturated/α-hetero) is 1. The molecule has 19 atom stereocenters. The summed E-state index contributed by atoms with van der Waals surface area (Å²) in [6.45, 7) is 19.5. The summed E-state index contributed by atoms with van der Waals surface area (Å²) < 4.78 is 33.4. The van der Waals surface area contributed by atoms with E-state index in [4.69, 9.17) is 28.8 Å². The molecule has 0 bridgehead atoms. The second-order valence-corrected chi connectivity index (χ2v) is 24.1. The van der Waals surface area contributed by atoms with Gasteiger partial charge in [0.15, 0.2) is 5.79 Å². The van der Waals surface area contributed by atoms with Crippen molar-refractivity contribution in [1.82, 2.24) is 0 Å². The molecule has 0 aromatic heterocycles. The van der Waals surface area contributed by atoms with Gasteiger partial charge in [-0.15, -0.1) is 0 Å². The molecule has 4 fully saturated rings. The molecule has 4 saturated heterocycles. The fourth-order valence-corrected chi connectivity index (χ4v) is 13.5. The first-order chi connectivity index (χ1) is 34.6. The Kier molecular flexibility index (Phi) is 26.3. The number of rotatable bonds is 25. The Hall–Kier alpha value is -1.23. The minimum absolute atomic E-state index is 0. The second-order valence-electron chi connectivity index (χ2n) is 24.1. The van der Waals surface area contributed by atoms with Gasteiger partial charge in [-0.1, -0.05) is 125 Å². The number of carbonyl (C=O) groups is 3. The first kappa shape index (κ1) is 65.3. The van der Waals surface area contributed by atoms with Crippen LogP contribution < -0.4 is 34.7 Å². The molecule has 2 spiro atoms. The number of carboxylic acids is 2. The molecule has 0 radical (unpaired) electrons. The van der Waals surface area contributed by atoms with Gasteiger partial charge in [0.25, 0.3) is 0 Å². The van der Waals surface area contributed by atoms with E-state index in [0.29, 0.717) is 64.2 Å². The number of aliphatic carboxylic acids is 2. The Bertz CT molecular complexity index is 1800. The van der Waals surface area contributed by atoms with Crippen molar-refractivity contribution >= 4 is 17.7 Å². The van der Waals surface area contributed by atoms with Crippen molar-refractivity contribution in [3.05, 3.63) is 24.3 Å². The topological polar surface area (TPSA) is 201 Å². The largest absolute Gasteiger partial charge is 1.00 e. The molecule has 6 rings (SSSR count). The van der Waals surface area contributed by atoms with Crippen LogP contribution in [0.3, 0.4) is 0 Å². The van der Waals surface area contributed by atoms with Crippen LogP contribution in [0.5, 0.6) is 0 Å². The summed E-state index contributed by atoms with van der Waals surface area (Å²) >= 11 is 0. The Morgan fingerprint density at radius 1 is 0.770 bits per heavy atom. The van der Waals surface area contributed by atoms with Gasteiger partial charge in [-0.05, 0) is 127 Å². The van der Waals surface area contributed by atoms with Crippen LogP contribution in [0.15, 0.2) is 24.3 Å². The molecular formula is C60H101NaO13. The first-order valence-electron chi connectivity index (χ1n) is 29.4. The van der Waals surface area contributed by atoms with Crippen LogP contribution in [0.25, 0.3) is 0 Å².